The number of aromatic hydroxyl groups is 1. The third-order valence-corrected chi connectivity index (χ3v) is 5.08. The van der Waals surface area contributed by atoms with Crippen molar-refractivity contribution in [2.45, 2.75) is 53.0 Å². The topological polar surface area (TPSA) is 86.1 Å². The maximum absolute atomic E-state index is 13.8. The molecule has 0 heterocycles. The van der Waals surface area contributed by atoms with Crippen LogP contribution in [0.25, 0.3) is 0 Å². The van der Waals surface area contributed by atoms with Crippen LogP contribution in [-0.2, 0) is 0 Å². The number of urea groups is 1. The van der Waals surface area contributed by atoms with E-state index in [1.165, 1.54) is 23.8 Å². The molecule has 192 valence electrons. The predicted octanol–water partition coefficient (Wildman–Crippen LogP) is 6.89. The highest BCUT2D eigenvalue weighted by molar-refractivity contribution is 6.16. The summed E-state index contributed by atoms with van der Waals surface area (Å²) < 4.78 is 13.8. The van der Waals surface area contributed by atoms with E-state index >= 15 is 0 Å². The summed E-state index contributed by atoms with van der Waals surface area (Å²) in [6.07, 6.45) is 13.5. The van der Waals surface area contributed by atoms with E-state index in [0.717, 1.165) is 25.3 Å². The molecule has 0 aliphatic heterocycles. The Hall–Kier alpha value is -4.00. The van der Waals surface area contributed by atoms with Gasteiger partial charge in [-0.2, -0.15) is 0 Å². The number of carbonyl (C=O) groups excluding carboxylic acids is 1. The summed E-state index contributed by atoms with van der Waals surface area (Å²) in [6.45, 7) is 18.7. The predicted molar refractivity (Wildman–Crippen MR) is 149 cm³/mol. The quantitative estimate of drug-likeness (QED) is 0.169. The largest absolute Gasteiger partial charge is 0.505 e. The fourth-order valence-corrected chi connectivity index (χ4v) is 3.08. The van der Waals surface area contributed by atoms with Gasteiger partial charge in [-0.1, -0.05) is 49.6 Å². The molecule has 0 aliphatic rings. The van der Waals surface area contributed by atoms with Gasteiger partial charge in [0.05, 0.1) is 5.71 Å². The van der Waals surface area contributed by atoms with Gasteiger partial charge in [0.1, 0.15) is 5.82 Å². The molecule has 0 spiro atoms. The summed E-state index contributed by atoms with van der Waals surface area (Å²) in [6, 6.07) is 3.50. The van der Waals surface area contributed by atoms with Gasteiger partial charge >= 0.3 is 6.03 Å². The van der Waals surface area contributed by atoms with Crippen molar-refractivity contribution < 1.29 is 14.3 Å². The molecule has 1 aromatic carbocycles. The molecule has 0 aromatic heterocycles. The molecule has 1 atom stereocenters. The zero-order chi connectivity index (χ0) is 27.1. The van der Waals surface area contributed by atoms with E-state index in [4.69, 9.17) is 0 Å². The Kier molecular flexibility index (Phi) is 13.2. The van der Waals surface area contributed by atoms with E-state index in [0.29, 0.717) is 16.8 Å². The van der Waals surface area contributed by atoms with Gasteiger partial charge in [0.2, 0.25) is 0 Å². The number of amidine groups is 1. The lowest BCUT2D eigenvalue weighted by molar-refractivity contribution is 0.239. The molecule has 3 N–H and O–H groups in total. The van der Waals surface area contributed by atoms with Gasteiger partial charge in [-0.05, 0) is 82.9 Å². The Labute approximate surface area is 214 Å². The Balaban J connectivity index is 2.88. The molecule has 0 saturated carbocycles. The van der Waals surface area contributed by atoms with Crippen molar-refractivity contribution in [1.29, 1.82) is 0 Å². The first-order valence-electron chi connectivity index (χ1n) is 11.8. The third-order valence-electron chi connectivity index (χ3n) is 5.08. The number of carbonyl (C=O) groups is 1. The Bertz CT molecular complexity index is 1110. The number of benzene rings is 1. The molecule has 0 radical (unpaired) electrons. The van der Waals surface area contributed by atoms with Crippen LogP contribution in [0.1, 0.15) is 52.5 Å². The molecule has 7 heteroatoms. The van der Waals surface area contributed by atoms with Crippen LogP contribution in [0.5, 0.6) is 5.75 Å². The Morgan fingerprint density at radius 2 is 1.94 bits per heavy atom. The number of hydrogen-bond donors (Lipinski definition) is 3. The summed E-state index contributed by atoms with van der Waals surface area (Å²) in [5.74, 6) is -0.699. The van der Waals surface area contributed by atoms with E-state index in [9.17, 15) is 14.3 Å². The molecule has 0 aliphatic carbocycles. The van der Waals surface area contributed by atoms with Gasteiger partial charge < -0.3 is 10.4 Å². The fraction of sp³-hybridized carbons (Fsp3) is 0.276. The first-order chi connectivity index (χ1) is 17.1. The number of halogens is 1. The lowest BCUT2D eigenvalue weighted by Crippen LogP contribution is -2.40. The van der Waals surface area contributed by atoms with Crippen molar-refractivity contribution in [3.05, 3.63) is 103 Å². The highest BCUT2D eigenvalue weighted by atomic mass is 19.1. The number of aliphatic imine (C=N–C) groups is 2. The number of phenolic OH excluding ortho intramolecular Hbond substituents is 1. The molecule has 1 rings (SSSR count). The van der Waals surface area contributed by atoms with E-state index in [1.54, 1.807) is 26.0 Å². The minimum Gasteiger partial charge on any atom is -0.505 e. The molecule has 36 heavy (non-hydrogen) atoms. The highest BCUT2D eigenvalue weighted by Gasteiger charge is 2.11. The SMILES string of the molecule is C=C/C=C\C(=C/C)CCC[C@@H](C)NC(=O)N/C(=C/C)N=C(N=C(C=C)c1ccc(O)c(F)c1)C(=C)C. The summed E-state index contributed by atoms with van der Waals surface area (Å²) in [5, 5.41) is 15.1. The van der Waals surface area contributed by atoms with E-state index < -0.39 is 11.6 Å². The van der Waals surface area contributed by atoms with Gasteiger partial charge in [-0.15, -0.1) is 0 Å². The van der Waals surface area contributed by atoms with E-state index in [2.05, 4.69) is 46.4 Å². The molecule has 2 amide bonds. The van der Waals surface area contributed by atoms with Crippen molar-refractivity contribution in [3.8, 4) is 5.75 Å². The molecular formula is C29H37FN4O2. The third kappa shape index (κ3) is 10.5. The average Bonchev–Trinajstić information content (AvgIpc) is 2.84. The maximum Gasteiger partial charge on any atom is 0.320 e. The molecule has 1 aromatic rings. The smallest absolute Gasteiger partial charge is 0.320 e. The van der Waals surface area contributed by atoms with Crippen molar-refractivity contribution in [2.75, 3.05) is 0 Å². The van der Waals surface area contributed by atoms with Gasteiger partial charge in [-0.3, -0.25) is 5.32 Å². The van der Waals surface area contributed by atoms with Crippen LogP contribution in [0, 0.1) is 5.82 Å². The Morgan fingerprint density at radius 1 is 1.22 bits per heavy atom. The second kappa shape index (κ2) is 15.8. The number of amides is 2. The van der Waals surface area contributed by atoms with Gasteiger partial charge in [-0.25, -0.2) is 19.2 Å². The molecule has 0 unspecified atom stereocenters. The van der Waals surface area contributed by atoms with Crippen LogP contribution in [0.15, 0.2) is 101 Å². The minimum atomic E-state index is -0.771. The number of rotatable bonds is 12. The zero-order valence-electron chi connectivity index (χ0n) is 21.6. The fourth-order valence-electron chi connectivity index (χ4n) is 3.08. The normalized spacial score (nSPS) is 13.9. The van der Waals surface area contributed by atoms with Crippen molar-refractivity contribution >= 4 is 17.6 Å². The zero-order valence-corrected chi connectivity index (χ0v) is 21.6. The van der Waals surface area contributed by atoms with E-state index in [1.807, 2.05) is 26.0 Å². The molecule has 6 nitrogen and oxygen atoms in total. The van der Waals surface area contributed by atoms with Crippen LogP contribution < -0.4 is 10.6 Å². The van der Waals surface area contributed by atoms with Crippen molar-refractivity contribution in [1.82, 2.24) is 10.6 Å². The highest BCUT2D eigenvalue weighted by Crippen LogP contribution is 2.18. The second-order valence-corrected chi connectivity index (χ2v) is 8.11. The number of hydrogen-bond acceptors (Lipinski definition) is 3. The molecular weight excluding hydrogens is 455 g/mol. The van der Waals surface area contributed by atoms with Crippen molar-refractivity contribution in [2.24, 2.45) is 9.98 Å². The van der Waals surface area contributed by atoms with Gasteiger partial charge in [0.15, 0.2) is 17.4 Å². The lowest BCUT2D eigenvalue weighted by atomic mass is 10.0. The number of allylic oxidation sites excluding steroid dienone is 7. The first-order valence-corrected chi connectivity index (χ1v) is 11.8. The number of nitrogens with zero attached hydrogens (tertiary/aromatic N) is 2. The van der Waals surface area contributed by atoms with E-state index in [-0.39, 0.29) is 23.7 Å². The van der Waals surface area contributed by atoms with Crippen LogP contribution in [0.4, 0.5) is 9.18 Å². The molecule has 0 bridgehead atoms. The number of nitrogens with one attached hydrogen (secondary N) is 2. The van der Waals surface area contributed by atoms with Crippen LogP contribution in [-0.4, -0.2) is 28.7 Å². The summed E-state index contributed by atoms with van der Waals surface area (Å²) in [4.78, 5) is 21.4. The summed E-state index contributed by atoms with van der Waals surface area (Å²) >= 11 is 0. The van der Waals surface area contributed by atoms with Gasteiger partial charge in [0, 0.05) is 11.6 Å². The van der Waals surface area contributed by atoms with Crippen LogP contribution in [0.3, 0.4) is 0 Å². The second-order valence-electron chi connectivity index (χ2n) is 8.11. The molecule has 0 fully saturated rings. The van der Waals surface area contributed by atoms with Crippen LogP contribution >= 0.6 is 0 Å². The van der Waals surface area contributed by atoms with Crippen molar-refractivity contribution in [3.63, 3.8) is 0 Å². The summed E-state index contributed by atoms with van der Waals surface area (Å²) in [7, 11) is 0. The number of phenols is 1. The lowest BCUT2D eigenvalue weighted by Gasteiger charge is -2.15. The minimum absolute atomic E-state index is 0.0380. The monoisotopic (exact) mass is 492 g/mol. The Morgan fingerprint density at radius 3 is 2.50 bits per heavy atom. The summed E-state index contributed by atoms with van der Waals surface area (Å²) in [5.41, 5.74) is 2.51. The van der Waals surface area contributed by atoms with Crippen LogP contribution in [0.2, 0.25) is 0 Å². The van der Waals surface area contributed by atoms with Gasteiger partial charge in [0.25, 0.3) is 0 Å². The first kappa shape index (κ1) is 30.0. The molecule has 0 saturated heterocycles. The standard InChI is InChI=1S/C29H37FN4O2/c1-8-12-15-22(9-2)16-13-14-21(7)31-29(36)34-27(11-4)33-28(20(5)6)32-25(10-3)23-17-18-26(35)24(30)19-23/h8-12,15,17-19,21,35H,1,3,5,13-14,16H2,2,4,6-7H3,(H2,31,34,36)/b15-12-,22-9+,27-11+,32-25?,33-28?/t21-/m1/s1. The average molecular weight is 493 g/mol. The maximum atomic E-state index is 13.8.